The van der Waals surface area contributed by atoms with Gasteiger partial charge in [0.05, 0.1) is 12.8 Å². The van der Waals surface area contributed by atoms with Crippen LogP contribution >= 0.6 is 0 Å². The molecule has 0 bridgehead atoms. The van der Waals surface area contributed by atoms with Crippen molar-refractivity contribution in [3.05, 3.63) is 24.2 Å². The average molecular weight is 268 g/mol. The molecule has 0 fully saturated rings. The van der Waals surface area contributed by atoms with Crippen LogP contribution in [0.1, 0.15) is 30.8 Å². The highest BCUT2D eigenvalue weighted by atomic mass is 16.3. The molecule has 0 radical (unpaired) electrons. The van der Waals surface area contributed by atoms with Gasteiger partial charge in [0.2, 0.25) is 5.91 Å². The van der Waals surface area contributed by atoms with Crippen LogP contribution in [0, 0.1) is 5.92 Å². The van der Waals surface area contributed by atoms with Gasteiger partial charge in [-0.1, -0.05) is 13.8 Å². The first-order valence-electron chi connectivity index (χ1n) is 6.26. The fourth-order valence-corrected chi connectivity index (χ4v) is 1.62. The van der Waals surface area contributed by atoms with E-state index in [1.807, 2.05) is 13.8 Å². The van der Waals surface area contributed by atoms with Crippen LogP contribution in [-0.4, -0.2) is 36.1 Å². The minimum Gasteiger partial charge on any atom is -0.459 e. The van der Waals surface area contributed by atoms with Crippen LogP contribution in [0.4, 0.5) is 0 Å². The van der Waals surface area contributed by atoms with Gasteiger partial charge < -0.3 is 20.2 Å². The molecule has 0 aliphatic carbocycles. The molecule has 1 heterocycles. The first-order valence-corrected chi connectivity index (χ1v) is 6.26. The molecule has 1 atom stereocenters. The van der Waals surface area contributed by atoms with E-state index in [2.05, 4.69) is 10.6 Å². The average Bonchev–Trinajstić information content (AvgIpc) is 2.89. The number of amides is 2. The Balaban J connectivity index is 2.36. The van der Waals surface area contributed by atoms with Crippen LogP contribution < -0.4 is 10.6 Å². The summed E-state index contributed by atoms with van der Waals surface area (Å²) in [4.78, 5) is 23.2. The molecule has 6 heteroatoms. The lowest BCUT2D eigenvalue weighted by Gasteiger charge is -2.21. The molecular weight excluding hydrogens is 248 g/mol. The summed E-state index contributed by atoms with van der Waals surface area (Å²) in [6.45, 7) is 3.82. The van der Waals surface area contributed by atoms with Gasteiger partial charge in [-0.3, -0.25) is 9.59 Å². The van der Waals surface area contributed by atoms with Crippen molar-refractivity contribution < 1.29 is 19.1 Å². The fourth-order valence-electron chi connectivity index (χ4n) is 1.62. The van der Waals surface area contributed by atoms with Crippen molar-refractivity contribution in [3.63, 3.8) is 0 Å². The number of aliphatic hydroxyl groups excluding tert-OH is 1. The second kappa shape index (κ2) is 7.58. The van der Waals surface area contributed by atoms with Crippen molar-refractivity contribution in [2.24, 2.45) is 5.92 Å². The van der Waals surface area contributed by atoms with Crippen molar-refractivity contribution in [2.45, 2.75) is 26.3 Å². The van der Waals surface area contributed by atoms with E-state index in [1.54, 1.807) is 6.07 Å². The van der Waals surface area contributed by atoms with Crippen LogP contribution in [0.5, 0.6) is 0 Å². The zero-order valence-corrected chi connectivity index (χ0v) is 11.2. The van der Waals surface area contributed by atoms with Crippen molar-refractivity contribution in [1.82, 2.24) is 10.6 Å². The smallest absolute Gasteiger partial charge is 0.287 e. The molecule has 6 nitrogen and oxygen atoms in total. The summed E-state index contributed by atoms with van der Waals surface area (Å²) >= 11 is 0. The monoisotopic (exact) mass is 268 g/mol. The zero-order valence-electron chi connectivity index (χ0n) is 11.2. The standard InChI is InChI=1S/C13H20N2O4/c1-9(2)10(5-6-16)15-12(17)8-14-13(18)11-4-3-7-19-11/h3-4,7,9-10,16H,5-6,8H2,1-2H3,(H,14,18)(H,15,17). The molecule has 3 N–H and O–H groups in total. The van der Waals surface area contributed by atoms with Gasteiger partial charge in [0.1, 0.15) is 0 Å². The lowest BCUT2D eigenvalue weighted by Crippen LogP contribution is -2.44. The minimum atomic E-state index is -0.427. The number of aliphatic hydroxyl groups is 1. The van der Waals surface area contributed by atoms with Crippen LogP contribution in [0.2, 0.25) is 0 Å². The Hall–Kier alpha value is -1.82. The highest BCUT2D eigenvalue weighted by Gasteiger charge is 2.16. The molecule has 1 aromatic rings. The van der Waals surface area contributed by atoms with Gasteiger partial charge >= 0.3 is 0 Å². The number of nitrogens with one attached hydrogen (secondary N) is 2. The lowest BCUT2D eigenvalue weighted by molar-refractivity contribution is -0.121. The van der Waals surface area contributed by atoms with E-state index >= 15 is 0 Å². The highest BCUT2D eigenvalue weighted by Crippen LogP contribution is 2.05. The molecule has 0 aliphatic heterocycles. The molecule has 0 saturated heterocycles. The van der Waals surface area contributed by atoms with Crippen LogP contribution in [0.25, 0.3) is 0 Å². The normalized spacial score (nSPS) is 12.2. The summed E-state index contributed by atoms with van der Waals surface area (Å²) in [6, 6.07) is 3.03. The topological polar surface area (TPSA) is 91.6 Å². The molecule has 1 aromatic heterocycles. The van der Waals surface area contributed by atoms with Gasteiger partial charge in [-0.05, 0) is 24.5 Å². The van der Waals surface area contributed by atoms with Crippen LogP contribution in [0.15, 0.2) is 22.8 Å². The molecular formula is C13H20N2O4. The maximum absolute atomic E-state index is 11.7. The maximum atomic E-state index is 11.7. The van der Waals surface area contributed by atoms with E-state index in [9.17, 15) is 9.59 Å². The second-order valence-corrected chi connectivity index (χ2v) is 4.59. The summed E-state index contributed by atoms with van der Waals surface area (Å²) < 4.78 is 4.91. The first-order chi connectivity index (χ1) is 9.04. The van der Waals surface area contributed by atoms with Gasteiger partial charge in [0.15, 0.2) is 5.76 Å². The third-order valence-electron chi connectivity index (χ3n) is 2.75. The number of rotatable bonds is 7. The molecule has 1 rings (SSSR count). The highest BCUT2D eigenvalue weighted by molar-refractivity contribution is 5.94. The molecule has 0 aliphatic rings. The summed E-state index contributed by atoms with van der Waals surface area (Å²) in [6.07, 6.45) is 1.89. The second-order valence-electron chi connectivity index (χ2n) is 4.59. The van der Waals surface area contributed by atoms with Gasteiger partial charge in [-0.2, -0.15) is 0 Å². The quantitative estimate of drug-likeness (QED) is 0.672. The number of hydrogen-bond donors (Lipinski definition) is 3. The van der Waals surface area contributed by atoms with E-state index in [4.69, 9.17) is 9.52 Å². The Morgan fingerprint density at radius 3 is 2.68 bits per heavy atom. The summed E-state index contributed by atoms with van der Waals surface area (Å²) in [7, 11) is 0. The van der Waals surface area contributed by atoms with E-state index in [0.29, 0.717) is 6.42 Å². The Bertz CT molecular complexity index is 401. The Kier molecular flexibility index (Phi) is 6.08. The van der Waals surface area contributed by atoms with Crippen molar-refractivity contribution >= 4 is 11.8 Å². The predicted octanol–water partition coefficient (Wildman–Crippen LogP) is 0.533. The van der Waals surface area contributed by atoms with Gasteiger partial charge in [0.25, 0.3) is 5.91 Å². The van der Waals surface area contributed by atoms with Gasteiger partial charge in [-0.15, -0.1) is 0 Å². The molecule has 0 spiro atoms. The fraction of sp³-hybridized carbons (Fsp3) is 0.538. The third kappa shape index (κ3) is 5.13. The van der Waals surface area contributed by atoms with E-state index in [1.165, 1.54) is 12.3 Å². The summed E-state index contributed by atoms with van der Waals surface area (Å²) in [5.41, 5.74) is 0. The third-order valence-corrected chi connectivity index (χ3v) is 2.75. The van der Waals surface area contributed by atoms with E-state index < -0.39 is 5.91 Å². The minimum absolute atomic E-state index is 0.0158. The number of carbonyl (C=O) groups excluding carboxylic acids is 2. The Labute approximate surface area is 112 Å². The molecule has 0 aromatic carbocycles. The van der Waals surface area contributed by atoms with E-state index in [0.717, 1.165) is 0 Å². The molecule has 19 heavy (non-hydrogen) atoms. The molecule has 2 amide bonds. The Morgan fingerprint density at radius 2 is 2.16 bits per heavy atom. The summed E-state index contributed by atoms with van der Waals surface area (Å²) in [5.74, 6) is -0.323. The SMILES string of the molecule is CC(C)C(CCO)NC(=O)CNC(=O)c1ccco1. The summed E-state index contributed by atoms with van der Waals surface area (Å²) in [5, 5.41) is 14.1. The van der Waals surface area contributed by atoms with Crippen molar-refractivity contribution in [3.8, 4) is 0 Å². The first kappa shape index (κ1) is 15.2. The number of carbonyl (C=O) groups is 2. The molecule has 0 saturated carbocycles. The number of furan rings is 1. The number of hydrogen-bond acceptors (Lipinski definition) is 4. The Morgan fingerprint density at radius 1 is 1.42 bits per heavy atom. The maximum Gasteiger partial charge on any atom is 0.287 e. The predicted molar refractivity (Wildman–Crippen MR) is 69.5 cm³/mol. The van der Waals surface area contributed by atoms with E-state index in [-0.39, 0.29) is 36.8 Å². The molecule has 106 valence electrons. The zero-order chi connectivity index (χ0) is 14.3. The van der Waals surface area contributed by atoms with Crippen LogP contribution in [-0.2, 0) is 4.79 Å². The van der Waals surface area contributed by atoms with Crippen molar-refractivity contribution in [1.29, 1.82) is 0 Å². The largest absolute Gasteiger partial charge is 0.459 e. The molecule has 1 unspecified atom stereocenters. The van der Waals surface area contributed by atoms with Crippen molar-refractivity contribution in [2.75, 3.05) is 13.2 Å². The van der Waals surface area contributed by atoms with Crippen LogP contribution in [0.3, 0.4) is 0 Å². The van der Waals surface area contributed by atoms with Gasteiger partial charge in [0, 0.05) is 12.6 Å². The van der Waals surface area contributed by atoms with Gasteiger partial charge in [-0.25, -0.2) is 0 Å². The lowest BCUT2D eigenvalue weighted by atomic mass is 10.0.